The number of hydrogen-bond acceptors (Lipinski definition) is 8. The minimum atomic E-state index is -0.546. The van der Waals surface area contributed by atoms with E-state index in [0.29, 0.717) is 36.2 Å². The average Bonchev–Trinajstić information content (AvgIpc) is 3.50. The number of aryl methyl sites for hydroxylation is 2. The minimum absolute atomic E-state index is 0.114. The number of hydrogen-bond donors (Lipinski definition) is 2. The predicted molar refractivity (Wildman–Crippen MR) is 135 cm³/mol. The number of nitrogen functional groups attached to an aromatic ring is 1. The van der Waals surface area contributed by atoms with Gasteiger partial charge in [-0.15, -0.1) is 0 Å². The lowest BCUT2D eigenvalue weighted by Crippen LogP contribution is -2.38. The highest BCUT2D eigenvalue weighted by atomic mass is 16.3. The van der Waals surface area contributed by atoms with Crippen LogP contribution in [0, 0.1) is 6.92 Å². The number of carbonyl (C=O) groups is 2. The molecule has 0 aliphatic carbocycles. The van der Waals surface area contributed by atoms with E-state index < -0.39 is 6.61 Å². The molecule has 0 aliphatic heterocycles. The maximum absolute atomic E-state index is 12.5. The molecule has 0 aromatic carbocycles. The van der Waals surface area contributed by atoms with E-state index in [9.17, 15) is 14.7 Å². The van der Waals surface area contributed by atoms with Gasteiger partial charge in [-0.3, -0.25) is 14.2 Å². The molecule has 0 bridgehead atoms. The molecule has 0 unspecified atom stereocenters. The molecule has 0 radical (unpaired) electrons. The van der Waals surface area contributed by atoms with Crippen molar-refractivity contribution in [2.24, 2.45) is 0 Å². The molecule has 0 saturated carbocycles. The van der Waals surface area contributed by atoms with Gasteiger partial charge in [-0.1, -0.05) is 6.92 Å². The summed E-state index contributed by atoms with van der Waals surface area (Å²) in [5.74, 6) is 0.398. The molecule has 0 saturated heterocycles. The molecule has 4 rings (SSSR count). The van der Waals surface area contributed by atoms with E-state index in [4.69, 9.17) is 10.7 Å². The monoisotopic (exact) mass is 490 g/mol. The van der Waals surface area contributed by atoms with Gasteiger partial charge in [0.05, 0.1) is 23.1 Å². The smallest absolute Gasteiger partial charge is 0.248 e. The van der Waals surface area contributed by atoms with E-state index in [1.807, 2.05) is 36.7 Å². The van der Waals surface area contributed by atoms with Gasteiger partial charge >= 0.3 is 0 Å². The highest BCUT2D eigenvalue weighted by Gasteiger charge is 2.23. The first-order chi connectivity index (χ1) is 17.2. The van der Waals surface area contributed by atoms with Crippen LogP contribution in [0.4, 0.5) is 5.82 Å². The van der Waals surface area contributed by atoms with Gasteiger partial charge in [0.2, 0.25) is 5.91 Å². The summed E-state index contributed by atoms with van der Waals surface area (Å²) in [5, 5.41) is 13.6. The summed E-state index contributed by atoms with van der Waals surface area (Å²) in [7, 11) is 1.67. The zero-order valence-electron chi connectivity index (χ0n) is 20.8. The SMILES string of the molecule is CC[C@H](CCc1nc2c(-c3ccc(-n4cnc(C)c4)nc3)cnn2c(N)c1C(C)=O)N(C)C(=O)CO. The Morgan fingerprint density at radius 3 is 2.58 bits per heavy atom. The second-order valence-corrected chi connectivity index (χ2v) is 8.76. The fourth-order valence-electron chi connectivity index (χ4n) is 4.37. The van der Waals surface area contributed by atoms with Crippen LogP contribution in [0.5, 0.6) is 0 Å². The summed E-state index contributed by atoms with van der Waals surface area (Å²) in [6.45, 7) is 4.79. The molecule has 1 atom stereocenters. The van der Waals surface area contributed by atoms with Gasteiger partial charge in [0.25, 0.3) is 0 Å². The lowest BCUT2D eigenvalue weighted by atomic mass is 10.0. The molecule has 0 aliphatic rings. The summed E-state index contributed by atoms with van der Waals surface area (Å²) in [6, 6.07) is 3.69. The number of fused-ring (bicyclic) bond motifs is 1. The number of aromatic nitrogens is 6. The minimum Gasteiger partial charge on any atom is -0.387 e. The van der Waals surface area contributed by atoms with Crippen LogP contribution in [0.2, 0.25) is 0 Å². The lowest BCUT2D eigenvalue weighted by molar-refractivity contribution is -0.135. The molecule has 11 heteroatoms. The quantitative estimate of drug-likeness (QED) is 0.340. The molecule has 0 fully saturated rings. The Labute approximate surface area is 208 Å². The molecule has 4 aromatic rings. The zero-order chi connectivity index (χ0) is 26.0. The van der Waals surface area contributed by atoms with Gasteiger partial charge in [0.15, 0.2) is 11.4 Å². The number of ketones is 1. The first kappa shape index (κ1) is 25.0. The number of aliphatic hydroxyl groups is 1. The van der Waals surface area contributed by atoms with Gasteiger partial charge in [-0.25, -0.2) is 15.0 Å². The molecule has 11 nitrogen and oxygen atoms in total. The van der Waals surface area contributed by atoms with Gasteiger partial charge in [0.1, 0.15) is 24.6 Å². The van der Waals surface area contributed by atoms with Crippen LogP contribution >= 0.6 is 0 Å². The van der Waals surface area contributed by atoms with Crippen LogP contribution in [-0.4, -0.2) is 70.5 Å². The standard InChI is InChI=1S/C25H30N8O3/c1-5-18(31(4)22(36)13-34)7-8-20-23(16(3)35)24(26)33-25(30-20)19(11-29-33)17-6-9-21(27-10-17)32-12-15(2)28-14-32/h6,9-12,14,18,34H,5,7-8,13,26H2,1-4H3/t18-/m1/s1. The molecule has 188 valence electrons. The van der Waals surface area contributed by atoms with Crippen molar-refractivity contribution < 1.29 is 14.7 Å². The first-order valence-electron chi connectivity index (χ1n) is 11.8. The normalized spacial score (nSPS) is 12.1. The summed E-state index contributed by atoms with van der Waals surface area (Å²) < 4.78 is 3.31. The number of rotatable bonds is 9. The molecular weight excluding hydrogens is 460 g/mol. The molecule has 36 heavy (non-hydrogen) atoms. The number of aliphatic hydroxyl groups excluding tert-OH is 1. The van der Waals surface area contributed by atoms with Gasteiger partial charge in [0, 0.05) is 36.6 Å². The van der Waals surface area contributed by atoms with Crippen molar-refractivity contribution in [3.8, 4) is 16.9 Å². The maximum atomic E-state index is 12.5. The molecule has 0 spiro atoms. The second-order valence-electron chi connectivity index (χ2n) is 8.76. The van der Waals surface area contributed by atoms with Crippen LogP contribution in [0.25, 0.3) is 22.6 Å². The van der Waals surface area contributed by atoms with Gasteiger partial charge in [-0.05, 0) is 45.2 Å². The Morgan fingerprint density at radius 1 is 1.22 bits per heavy atom. The van der Waals surface area contributed by atoms with Crippen molar-refractivity contribution in [1.82, 2.24) is 34.0 Å². The zero-order valence-corrected chi connectivity index (χ0v) is 20.8. The molecule has 1 amide bonds. The van der Waals surface area contributed by atoms with Gasteiger partial charge in [-0.2, -0.15) is 9.61 Å². The molecular formula is C25H30N8O3. The third-order valence-electron chi connectivity index (χ3n) is 6.41. The van der Waals surface area contributed by atoms with Crippen molar-refractivity contribution in [1.29, 1.82) is 0 Å². The summed E-state index contributed by atoms with van der Waals surface area (Å²) >= 11 is 0. The number of amides is 1. The second kappa shape index (κ2) is 10.2. The first-order valence-corrected chi connectivity index (χ1v) is 11.8. The van der Waals surface area contributed by atoms with Crippen LogP contribution in [0.3, 0.4) is 0 Å². The largest absolute Gasteiger partial charge is 0.387 e. The van der Waals surface area contributed by atoms with Crippen LogP contribution in [-0.2, 0) is 11.2 Å². The summed E-state index contributed by atoms with van der Waals surface area (Å²) in [5.41, 5.74) is 10.2. The van der Waals surface area contributed by atoms with E-state index in [2.05, 4.69) is 15.1 Å². The molecule has 4 heterocycles. The van der Waals surface area contributed by atoms with Crippen molar-refractivity contribution in [3.63, 3.8) is 0 Å². The lowest BCUT2D eigenvalue weighted by Gasteiger charge is -2.27. The summed E-state index contributed by atoms with van der Waals surface area (Å²) in [4.78, 5) is 39.6. The predicted octanol–water partition coefficient (Wildman–Crippen LogP) is 2.23. The Hall–Kier alpha value is -4.12. The average molecular weight is 491 g/mol. The van der Waals surface area contributed by atoms with E-state index >= 15 is 0 Å². The van der Waals surface area contributed by atoms with Crippen molar-refractivity contribution in [2.75, 3.05) is 19.4 Å². The van der Waals surface area contributed by atoms with Crippen molar-refractivity contribution in [2.45, 2.75) is 46.1 Å². The number of nitrogens with zero attached hydrogens (tertiary/aromatic N) is 7. The highest BCUT2D eigenvalue weighted by Crippen LogP contribution is 2.28. The van der Waals surface area contributed by atoms with E-state index in [0.717, 1.165) is 22.6 Å². The number of imidazole rings is 1. The number of anilines is 1. The fourth-order valence-corrected chi connectivity index (χ4v) is 4.37. The Bertz CT molecular complexity index is 1410. The van der Waals surface area contributed by atoms with Crippen LogP contribution < -0.4 is 5.73 Å². The third-order valence-corrected chi connectivity index (χ3v) is 6.41. The molecule has 4 aromatic heterocycles. The van der Waals surface area contributed by atoms with Gasteiger partial charge < -0.3 is 15.7 Å². The van der Waals surface area contributed by atoms with E-state index in [1.165, 1.54) is 16.3 Å². The number of nitrogens with two attached hydrogens (primary N) is 1. The van der Waals surface area contributed by atoms with Crippen molar-refractivity contribution >= 4 is 23.2 Å². The molecule has 3 N–H and O–H groups in total. The van der Waals surface area contributed by atoms with Crippen LogP contribution in [0.1, 0.15) is 48.4 Å². The Balaban J connectivity index is 1.71. The van der Waals surface area contributed by atoms with Crippen LogP contribution in [0.15, 0.2) is 37.1 Å². The number of pyridine rings is 1. The summed E-state index contributed by atoms with van der Waals surface area (Å²) in [6.07, 6.45) is 8.68. The number of likely N-dealkylation sites (N-methyl/N-ethyl adjacent to an activating group) is 1. The van der Waals surface area contributed by atoms with Crippen molar-refractivity contribution in [3.05, 3.63) is 54.0 Å². The third kappa shape index (κ3) is 4.69. The Kier molecular flexibility index (Phi) is 7.11. The van der Waals surface area contributed by atoms with E-state index in [-0.39, 0.29) is 23.6 Å². The number of Topliss-reactive ketones (excluding diaryl/α,β-unsaturated/α-hetero) is 1. The highest BCUT2D eigenvalue weighted by molar-refractivity contribution is 6.00. The Morgan fingerprint density at radius 2 is 2.00 bits per heavy atom. The topological polar surface area (TPSA) is 145 Å². The van der Waals surface area contributed by atoms with E-state index in [1.54, 1.807) is 25.8 Å². The fraction of sp³-hybridized carbons (Fsp3) is 0.360. The number of carbonyl (C=O) groups excluding carboxylic acids is 2. The maximum Gasteiger partial charge on any atom is 0.248 e.